The molecule has 1 saturated heterocycles. The quantitative estimate of drug-likeness (QED) is 0.715. The molecule has 2 bridgehead atoms. The molecule has 25 heavy (non-hydrogen) atoms. The molecule has 2 unspecified atom stereocenters. The Bertz CT molecular complexity index is 737. The zero-order valence-electron chi connectivity index (χ0n) is 15.0. The second-order valence-electron chi connectivity index (χ2n) is 7.45. The van der Waals surface area contributed by atoms with E-state index in [-0.39, 0.29) is 0 Å². The van der Waals surface area contributed by atoms with Crippen molar-refractivity contribution in [2.75, 3.05) is 7.05 Å². The Morgan fingerprint density at radius 3 is 2.68 bits per heavy atom. The smallest absolute Gasteiger partial charge is 0.120 e. The molecule has 0 radical (unpaired) electrons. The fraction of sp³-hybridized carbons (Fsp3) is 0.391. The number of rotatable bonds is 5. The molecule has 2 aromatic carbocycles. The van der Waals surface area contributed by atoms with Crippen molar-refractivity contribution in [3.05, 3.63) is 77.4 Å². The van der Waals surface area contributed by atoms with Crippen molar-refractivity contribution in [3.8, 4) is 5.75 Å². The van der Waals surface area contributed by atoms with E-state index in [1.54, 1.807) is 5.57 Å². The average Bonchev–Trinajstić information content (AvgIpc) is 2.62. The molecule has 2 atom stereocenters. The Kier molecular flexibility index (Phi) is 4.89. The lowest BCUT2D eigenvalue weighted by Gasteiger charge is -2.42. The van der Waals surface area contributed by atoms with Crippen LogP contribution in [0, 0.1) is 0 Å². The van der Waals surface area contributed by atoms with Gasteiger partial charge in [0, 0.05) is 12.1 Å². The van der Waals surface area contributed by atoms with Gasteiger partial charge in [-0.1, -0.05) is 60.5 Å². The van der Waals surface area contributed by atoms with Gasteiger partial charge in [-0.25, -0.2) is 0 Å². The van der Waals surface area contributed by atoms with Crippen LogP contribution >= 0.6 is 0 Å². The Balaban J connectivity index is 1.41. The summed E-state index contributed by atoms with van der Waals surface area (Å²) >= 11 is 0. The first kappa shape index (κ1) is 16.4. The van der Waals surface area contributed by atoms with Crippen molar-refractivity contribution in [1.29, 1.82) is 0 Å². The minimum absolute atomic E-state index is 0.627. The molecule has 0 amide bonds. The van der Waals surface area contributed by atoms with Gasteiger partial charge in [0.15, 0.2) is 0 Å². The summed E-state index contributed by atoms with van der Waals surface area (Å²) in [7, 11) is 2.29. The lowest BCUT2D eigenvalue weighted by atomic mass is 9.84. The lowest BCUT2D eigenvalue weighted by Crippen LogP contribution is -2.46. The minimum Gasteiger partial charge on any atom is -0.489 e. The van der Waals surface area contributed by atoms with E-state index >= 15 is 0 Å². The van der Waals surface area contributed by atoms with Crippen LogP contribution in [0.1, 0.15) is 36.8 Å². The summed E-state index contributed by atoms with van der Waals surface area (Å²) in [6, 6.07) is 20.4. The number of hydrogen-bond donors (Lipinski definition) is 0. The SMILES string of the molecule is CN1C2C=C(Cc3cccc(OCc4ccccc4)c3)CC1CCC2. The highest BCUT2D eigenvalue weighted by atomic mass is 16.5. The van der Waals surface area contributed by atoms with Crippen LogP contribution in [0.5, 0.6) is 5.75 Å². The zero-order valence-corrected chi connectivity index (χ0v) is 15.0. The zero-order chi connectivity index (χ0) is 17.1. The van der Waals surface area contributed by atoms with Crippen LogP contribution in [0.3, 0.4) is 0 Å². The first-order valence-electron chi connectivity index (χ1n) is 9.45. The van der Waals surface area contributed by atoms with Crippen LogP contribution < -0.4 is 4.74 Å². The standard InChI is InChI=1S/C23H27NO/c1-24-21-10-6-11-22(24)15-20(14-21)13-19-9-5-12-23(16-19)25-17-18-7-3-2-4-8-18/h2-5,7-9,12,14,16,21-22H,6,10-11,13,15,17H2,1H3. The molecule has 2 aliphatic heterocycles. The van der Waals surface area contributed by atoms with Crippen molar-refractivity contribution in [1.82, 2.24) is 4.90 Å². The summed E-state index contributed by atoms with van der Waals surface area (Å²) in [6.45, 7) is 0.627. The predicted molar refractivity (Wildman–Crippen MR) is 103 cm³/mol. The maximum atomic E-state index is 5.99. The lowest BCUT2D eigenvalue weighted by molar-refractivity contribution is 0.129. The number of benzene rings is 2. The van der Waals surface area contributed by atoms with Crippen LogP contribution in [-0.4, -0.2) is 24.0 Å². The van der Waals surface area contributed by atoms with Gasteiger partial charge in [-0.3, -0.25) is 4.90 Å². The van der Waals surface area contributed by atoms with Crippen LogP contribution in [0.2, 0.25) is 0 Å². The molecule has 1 fully saturated rings. The van der Waals surface area contributed by atoms with Crippen molar-refractivity contribution in [2.24, 2.45) is 0 Å². The van der Waals surface area contributed by atoms with Gasteiger partial charge < -0.3 is 4.74 Å². The average molecular weight is 333 g/mol. The molecular weight excluding hydrogens is 306 g/mol. The molecule has 2 aromatic rings. The van der Waals surface area contributed by atoms with E-state index < -0.39 is 0 Å². The van der Waals surface area contributed by atoms with Crippen molar-refractivity contribution in [3.63, 3.8) is 0 Å². The number of nitrogens with zero attached hydrogens (tertiary/aromatic N) is 1. The third-order valence-corrected chi connectivity index (χ3v) is 5.64. The van der Waals surface area contributed by atoms with Gasteiger partial charge in [0.25, 0.3) is 0 Å². The second-order valence-corrected chi connectivity index (χ2v) is 7.45. The Hall–Kier alpha value is -2.06. The van der Waals surface area contributed by atoms with E-state index in [0.29, 0.717) is 12.6 Å². The number of piperidine rings is 1. The number of likely N-dealkylation sites (N-methyl/N-ethyl adjacent to an activating group) is 1. The fourth-order valence-electron chi connectivity index (χ4n) is 4.21. The molecule has 2 heteroatoms. The normalized spacial score (nSPS) is 23.2. The molecule has 0 saturated carbocycles. The summed E-state index contributed by atoms with van der Waals surface area (Å²) in [6.07, 6.45) is 8.85. The van der Waals surface area contributed by atoms with Crippen molar-refractivity contribution in [2.45, 2.75) is 50.8 Å². The molecule has 0 aromatic heterocycles. The summed E-state index contributed by atoms with van der Waals surface area (Å²) in [5.41, 5.74) is 4.17. The molecular formula is C23H27NO. The fourth-order valence-corrected chi connectivity index (χ4v) is 4.21. The Labute approximate surface area is 151 Å². The van der Waals surface area contributed by atoms with Crippen LogP contribution in [-0.2, 0) is 13.0 Å². The molecule has 2 nitrogen and oxygen atoms in total. The van der Waals surface area contributed by atoms with E-state index in [1.165, 1.54) is 36.8 Å². The highest BCUT2D eigenvalue weighted by molar-refractivity contribution is 5.33. The Morgan fingerprint density at radius 1 is 1.00 bits per heavy atom. The maximum absolute atomic E-state index is 5.99. The van der Waals surface area contributed by atoms with Crippen LogP contribution in [0.15, 0.2) is 66.2 Å². The Morgan fingerprint density at radius 2 is 1.84 bits per heavy atom. The first-order valence-corrected chi connectivity index (χ1v) is 9.45. The number of ether oxygens (including phenoxy) is 1. The molecule has 130 valence electrons. The summed E-state index contributed by atoms with van der Waals surface area (Å²) in [5.74, 6) is 0.968. The van der Waals surface area contributed by atoms with Gasteiger partial charge in [-0.2, -0.15) is 0 Å². The van der Waals surface area contributed by atoms with Crippen LogP contribution in [0.25, 0.3) is 0 Å². The highest BCUT2D eigenvalue weighted by Gasteiger charge is 2.30. The van der Waals surface area contributed by atoms with Crippen LogP contribution in [0.4, 0.5) is 0 Å². The summed E-state index contributed by atoms with van der Waals surface area (Å²) in [5, 5.41) is 0. The molecule has 0 aliphatic carbocycles. The largest absolute Gasteiger partial charge is 0.489 e. The third kappa shape index (κ3) is 3.96. The topological polar surface area (TPSA) is 12.5 Å². The highest BCUT2D eigenvalue weighted by Crippen LogP contribution is 2.33. The summed E-state index contributed by atoms with van der Waals surface area (Å²) in [4.78, 5) is 2.58. The molecule has 0 spiro atoms. The molecule has 2 aliphatic rings. The number of fused-ring (bicyclic) bond motifs is 2. The monoisotopic (exact) mass is 333 g/mol. The van der Waals surface area contributed by atoms with E-state index in [9.17, 15) is 0 Å². The predicted octanol–water partition coefficient (Wildman–Crippen LogP) is 4.99. The van der Waals surface area contributed by atoms with Gasteiger partial charge in [-0.05, 0) is 56.0 Å². The van der Waals surface area contributed by atoms with E-state index in [2.05, 4.69) is 66.6 Å². The van der Waals surface area contributed by atoms with Gasteiger partial charge in [0.05, 0.1) is 0 Å². The minimum atomic E-state index is 0.627. The maximum Gasteiger partial charge on any atom is 0.120 e. The van der Waals surface area contributed by atoms with Crippen molar-refractivity contribution < 1.29 is 4.74 Å². The first-order chi connectivity index (χ1) is 12.3. The van der Waals surface area contributed by atoms with Gasteiger partial charge >= 0.3 is 0 Å². The molecule has 0 N–H and O–H groups in total. The van der Waals surface area contributed by atoms with Gasteiger partial charge in [0.2, 0.25) is 0 Å². The third-order valence-electron chi connectivity index (χ3n) is 5.64. The van der Waals surface area contributed by atoms with E-state index in [0.717, 1.165) is 18.2 Å². The molecule has 4 rings (SSSR count). The second kappa shape index (κ2) is 7.45. The van der Waals surface area contributed by atoms with Gasteiger partial charge in [-0.15, -0.1) is 0 Å². The number of hydrogen-bond acceptors (Lipinski definition) is 2. The van der Waals surface area contributed by atoms with E-state index in [1.807, 2.05) is 6.07 Å². The van der Waals surface area contributed by atoms with E-state index in [4.69, 9.17) is 4.74 Å². The van der Waals surface area contributed by atoms with Crippen molar-refractivity contribution >= 4 is 0 Å². The summed E-state index contributed by atoms with van der Waals surface area (Å²) < 4.78 is 5.99. The van der Waals surface area contributed by atoms with Gasteiger partial charge in [0.1, 0.15) is 12.4 Å². The molecule has 2 heterocycles.